The van der Waals surface area contributed by atoms with Crippen molar-refractivity contribution in [1.29, 1.82) is 0 Å². The molecule has 36 heavy (non-hydrogen) atoms. The van der Waals surface area contributed by atoms with Crippen molar-refractivity contribution >= 4 is 11.6 Å². The highest BCUT2D eigenvalue weighted by Gasteiger charge is 2.59. The van der Waals surface area contributed by atoms with Crippen molar-refractivity contribution in [3.8, 4) is 0 Å². The van der Waals surface area contributed by atoms with E-state index < -0.39 is 29.8 Å². The van der Waals surface area contributed by atoms with Gasteiger partial charge in [0.1, 0.15) is 5.82 Å². The van der Waals surface area contributed by atoms with Crippen LogP contribution in [0.15, 0.2) is 35.3 Å². The number of likely N-dealkylation sites (tertiary alicyclic amines) is 1. The molecule has 2 N–H and O–H groups in total. The van der Waals surface area contributed by atoms with Crippen LogP contribution >= 0.6 is 0 Å². The first-order chi connectivity index (χ1) is 17.2. The zero-order valence-electron chi connectivity index (χ0n) is 20.4. The van der Waals surface area contributed by atoms with Crippen LogP contribution in [0.3, 0.4) is 0 Å². The van der Waals surface area contributed by atoms with E-state index in [2.05, 4.69) is 22.6 Å². The van der Waals surface area contributed by atoms with E-state index in [1.807, 2.05) is 0 Å². The minimum Gasteiger partial charge on any atom is -0.381 e. The van der Waals surface area contributed by atoms with Gasteiger partial charge in [-0.3, -0.25) is 9.59 Å². The van der Waals surface area contributed by atoms with Gasteiger partial charge < -0.3 is 20.1 Å². The van der Waals surface area contributed by atoms with Gasteiger partial charge in [-0.1, -0.05) is 24.6 Å². The Kier molecular flexibility index (Phi) is 5.48. The number of piperidine rings is 1. The predicted molar refractivity (Wildman–Crippen MR) is 130 cm³/mol. The maximum absolute atomic E-state index is 14.7. The maximum Gasteiger partial charge on any atom is 0.266 e. The lowest BCUT2D eigenvalue weighted by atomic mass is 9.81. The molecule has 0 unspecified atom stereocenters. The van der Waals surface area contributed by atoms with Gasteiger partial charge in [0.05, 0.1) is 22.9 Å². The van der Waals surface area contributed by atoms with Gasteiger partial charge in [0.25, 0.3) is 17.9 Å². The molecule has 2 aromatic rings. The van der Waals surface area contributed by atoms with Gasteiger partial charge in [-0.2, -0.15) is 0 Å². The van der Waals surface area contributed by atoms with Gasteiger partial charge in [-0.15, -0.1) is 0 Å². The van der Waals surface area contributed by atoms with E-state index in [4.69, 9.17) is 0 Å². The van der Waals surface area contributed by atoms with E-state index in [0.717, 1.165) is 44.8 Å². The second-order valence-corrected chi connectivity index (χ2v) is 11.2. The zero-order valence-corrected chi connectivity index (χ0v) is 20.4. The molecule has 1 aliphatic heterocycles. The third-order valence-corrected chi connectivity index (χ3v) is 8.96. The molecular formula is C27H31F3N4O2. The van der Waals surface area contributed by atoms with Crippen molar-refractivity contribution in [3.05, 3.63) is 63.3 Å². The Morgan fingerprint density at radius 2 is 1.86 bits per heavy atom. The standard InChI is InChI=1S/C27H31F3N4O2/c1-14(15-5-3-6-16(23(15)28)25(29)30)31-26(36)19-13-34(21-10-27(21)7-4-8-27)22(35)9-20(19)32-24-17-11-33(2)12-18(17)24/h3,5-6,9,13-14,17-18,21,24-25,32H,4,7-8,10-12H2,1-2H3,(H,31,36)/t14-,17-,18+,21+,24-/m1/s1. The average molecular weight is 501 g/mol. The molecule has 1 spiro atoms. The number of anilines is 1. The summed E-state index contributed by atoms with van der Waals surface area (Å²) in [7, 11) is 2.08. The number of halogens is 3. The maximum atomic E-state index is 14.7. The molecule has 4 fully saturated rings. The van der Waals surface area contributed by atoms with Crippen LogP contribution in [0, 0.1) is 23.1 Å². The molecule has 9 heteroatoms. The molecule has 1 aromatic carbocycles. The Morgan fingerprint density at radius 1 is 1.17 bits per heavy atom. The van der Waals surface area contributed by atoms with Gasteiger partial charge in [-0.25, -0.2) is 13.2 Å². The molecule has 3 aliphatic carbocycles. The summed E-state index contributed by atoms with van der Waals surface area (Å²) in [5, 5.41) is 6.22. The fraction of sp³-hybridized carbons (Fsp3) is 0.556. The Balaban J connectivity index is 1.28. The first kappa shape index (κ1) is 23.6. The number of nitrogens with one attached hydrogen (secondary N) is 2. The first-order valence-corrected chi connectivity index (χ1v) is 12.8. The molecule has 6 rings (SSSR count). The summed E-state index contributed by atoms with van der Waals surface area (Å²) >= 11 is 0. The highest BCUT2D eigenvalue weighted by molar-refractivity contribution is 5.99. The number of amides is 1. The van der Waals surface area contributed by atoms with E-state index in [0.29, 0.717) is 23.1 Å². The molecule has 1 saturated heterocycles. The number of fused-ring (bicyclic) bond motifs is 1. The van der Waals surface area contributed by atoms with Crippen molar-refractivity contribution in [2.24, 2.45) is 17.3 Å². The summed E-state index contributed by atoms with van der Waals surface area (Å²) in [6.45, 7) is 3.52. The summed E-state index contributed by atoms with van der Waals surface area (Å²) in [6.07, 6.45) is 3.00. The summed E-state index contributed by atoms with van der Waals surface area (Å²) in [6, 6.07) is 4.80. The molecule has 2 heterocycles. The van der Waals surface area contributed by atoms with Crippen LogP contribution in [-0.4, -0.2) is 41.6 Å². The van der Waals surface area contributed by atoms with E-state index in [1.165, 1.54) is 18.2 Å². The lowest BCUT2D eigenvalue weighted by Crippen LogP contribution is -2.32. The molecule has 3 saturated carbocycles. The molecule has 4 aliphatic rings. The fourth-order valence-corrected chi connectivity index (χ4v) is 6.53. The second kappa shape index (κ2) is 8.36. The average Bonchev–Trinajstić information content (AvgIpc) is 3.65. The van der Waals surface area contributed by atoms with Crippen molar-refractivity contribution in [1.82, 2.24) is 14.8 Å². The van der Waals surface area contributed by atoms with Gasteiger partial charge in [0.15, 0.2) is 0 Å². The van der Waals surface area contributed by atoms with Crippen LogP contribution in [0.5, 0.6) is 0 Å². The van der Waals surface area contributed by atoms with Crippen LogP contribution < -0.4 is 16.2 Å². The lowest BCUT2D eigenvalue weighted by Gasteiger charge is -2.27. The molecule has 0 bridgehead atoms. The van der Waals surface area contributed by atoms with Gasteiger partial charge in [0.2, 0.25) is 0 Å². The van der Waals surface area contributed by atoms with E-state index >= 15 is 0 Å². The number of aromatic nitrogens is 1. The minimum atomic E-state index is -2.94. The topological polar surface area (TPSA) is 66.4 Å². The van der Waals surface area contributed by atoms with Crippen LogP contribution in [0.1, 0.15) is 72.6 Å². The van der Waals surface area contributed by atoms with Gasteiger partial charge >= 0.3 is 0 Å². The highest BCUT2D eigenvalue weighted by atomic mass is 19.3. The third kappa shape index (κ3) is 3.83. The smallest absolute Gasteiger partial charge is 0.266 e. The highest BCUT2D eigenvalue weighted by Crippen LogP contribution is 2.67. The quantitative estimate of drug-likeness (QED) is 0.588. The molecule has 1 amide bonds. The largest absolute Gasteiger partial charge is 0.381 e. The summed E-state index contributed by atoms with van der Waals surface area (Å²) < 4.78 is 42.8. The molecular weight excluding hydrogens is 469 g/mol. The SMILES string of the molecule is C[C@@H](NC(=O)c1cn([C@H]2CC23CCC3)c(=O)cc1N[C@@H]1[C@@H]2CN(C)C[C@@H]21)c1cccc(C(F)F)c1F. The van der Waals surface area contributed by atoms with Gasteiger partial charge in [-0.05, 0) is 50.5 Å². The molecule has 1 aromatic heterocycles. The lowest BCUT2D eigenvalue weighted by molar-refractivity contribution is 0.0939. The van der Waals surface area contributed by atoms with Crippen molar-refractivity contribution in [3.63, 3.8) is 0 Å². The molecule has 6 nitrogen and oxygen atoms in total. The fourth-order valence-electron chi connectivity index (χ4n) is 6.53. The number of carbonyl (C=O) groups is 1. The molecule has 192 valence electrons. The Hall–Kier alpha value is -2.81. The van der Waals surface area contributed by atoms with Crippen LogP contribution in [-0.2, 0) is 0 Å². The molecule has 5 atom stereocenters. The summed E-state index contributed by atoms with van der Waals surface area (Å²) in [5.74, 6) is -0.504. The third-order valence-electron chi connectivity index (χ3n) is 8.96. The Morgan fingerprint density at radius 3 is 2.47 bits per heavy atom. The van der Waals surface area contributed by atoms with Crippen molar-refractivity contribution in [2.75, 3.05) is 25.5 Å². The number of pyridine rings is 1. The van der Waals surface area contributed by atoms with E-state index in [-0.39, 0.29) is 28.6 Å². The number of hydrogen-bond donors (Lipinski definition) is 2. The monoisotopic (exact) mass is 500 g/mol. The van der Waals surface area contributed by atoms with Crippen molar-refractivity contribution in [2.45, 2.75) is 57.2 Å². The number of rotatable bonds is 7. The minimum absolute atomic E-state index is 0.000596. The summed E-state index contributed by atoms with van der Waals surface area (Å²) in [4.78, 5) is 28.8. The second-order valence-electron chi connectivity index (χ2n) is 11.2. The number of carbonyl (C=O) groups excluding carboxylic acids is 1. The Labute approximate surface area is 207 Å². The normalized spacial score (nSPS) is 28.5. The van der Waals surface area contributed by atoms with Gasteiger partial charge in [0, 0.05) is 43.0 Å². The number of hydrogen-bond acceptors (Lipinski definition) is 4. The van der Waals surface area contributed by atoms with Crippen LogP contribution in [0.25, 0.3) is 0 Å². The van der Waals surface area contributed by atoms with Crippen LogP contribution in [0.4, 0.5) is 18.9 Å². The first-order valence-electron chi connectivity index (χ1n) is 12.8. The number of nitrogens with zero attached hydrogens (tertiary/aromatic N) is 2. The van der Waals surface area contributed by atoms with E-state index in [9.17, 15) is 22.8 Å². The summed E-state index contributed by atoms with van der Waals surface area (Å²) in [5.41, 5.74) is 0.180. The predicted octanol–water partition coefficient (Wildman–Crippen LogP) is 4.50. The van der Waals surface area contributed by atoms with E-state index in [1.54, 1.807) is 17.7 Å². The van der Waals surface area contributed by atoms with Crippen molar-refractivity contribution < 1.29 is 18.0 Å². The van der Waals surface area contributed by atoms with Crippen LogP contribution in [0.2, 0.25) is 0 Å². The zero-order chi connectivity index (χ0) is 25.4. The number of alkyl halides is 2. The number of benzene rings is 1. The Bertz CT molecular complexity index is 1260. The molecule has 0 radical (unpaired) electrons.